The fraction of sp³-hybridized carbons (Fsp3) is 0.385. The van der Waals surface area contributed by atoms with E-state index in [1.807, 2.05) is 25.1 Å². The highest BCUT2D eigenvalue weighted by Crippen LogP contribution is 2.27. The zero-order valence-electron chi connectivity index (χ0n) is 10.9. The number of benzene rings is 1. The van der Waals surface area contributed by atoms with Gasteiger partial charge in [-0.25, -0.2) is 0 Å². The van der Waals surface area contributed by atoms with Crippen LogP contribution in [-0.4, -0.2) is 27.4 Å². The van der Waals surface area contributed by atoms with E-state index in [0.717, 1.165) is 15.6 Å². The quantitative estimate of drug-likeness (QED) is 0.898. The molecule has 0 spiro atoms. The molecule has 0 aliphatic carbocycles. The molecule has 0 aliphatic rings. The third-order valence-electron chi connectivity index (χ3n) is 2.81. The van der Waals surface area contributed by atoms with E-state index < -0.39 is 5.60 Å². The summed E-state index contributed by atoms with van der Waals surface area (Å²) in [4.78, 5) is 4.28. The van der Waals surface area contributed by atoms with Crippen LogP contribution in [0.4, 0.5) is 0 Å². The number of aromatic nitrogens is 2. The average Bonchev–Trinajstić information content (AvgIpc) is 2.76. The van der Waals surface area contributed by atoms with Gasteiger partial charge in [0.05, 0.1) is 12.0 Å². The molecule has 102 valence electrons. The summed E-state index contributed by atoms with van der Waals surface area (Å²) in [5, 5.41) is 13.8. The summed E-state index contributed by atoms with van der Waals surface area (Å²) in [7, 11) is 0. The highest BCUT2D eigenvalue weighted by molar-refractivity contribution is 9.10. The highest BCUT2D eigenvalue weighted by atomic mass is 79.9. The Kier molecular flexibility index (Phi) is 4.03. The summed E-state index contributed by atoms with van der Waals surface area (Å²) < 4.78 is 6.05. The molecule has 1 unspecified atom stereocenters. The lowest BCUT2D eigenvalue weighted by Gasteiger charge is -2.17. The lowest BCUT2D eigenvalue weighted by atomic mass is 10.0. The number of aryl methyl sites for hydroxylation is 1. The van der Waals surface area contributed by atoms with E-state index in [1.54, 1.807) is 6.92 Å². The molecule has 0 fully saturated rings. The predicted octanol–water partition coefficient (Wildman–Crippen LogP) is 2.06. The fourth-order valence-corrected chi connectivity index (χ4v) is 2.31. The molecule has 2 rings (SSSR count). The normalized spacial score (nSPS) is 14.4. The van der Waals surface area contributed by atoms with Crippen molar-refractivity contribution in [3.05, 3.63) is 34.1 Å². The fourth-order valence-electron chi connectivity index (χ4n) is 1.64. The number of halogens is 1. The monoisotopic (exact) mass is 325 g/mol. The van der Waals surface area contributed by atoms with Crippen LogP contribution in [0.1, 0.15) is 18.4 Å². The molecule has 0 saturated heterocycles. The molecule has 6 heteroatoms. The van der Waals surface area contributed by atoms with Crippen molar-refractivity contribution in [1.29, 1.82) is 0 Å². The Morgan fingerprint density at radius 1 is 1.47 bits per heavy atom. The molecule has 19 heavy (non-hydrogen) atoms. The molecule has 1 aromatic carbocycles. The van der Waals surface area contributed by atoms with E-state index in [4.69, 9.17) is 10.3 Å². The maximum atomic E-state index is 9.89. The Hall–Kier alpha value is -1.24. The van der Waals surface area contributed by atoms with Gasteiger partial charge in [0.25, 0.3) is 0 Å². The number of nitrogens with zero attached hydrogens (tertiary/aromatic N) is 2. The summed E-state index contributed by atoms with van der Waals surface area (Å²) >= 11 is 3.48. The second-order valence-electron chi connectivity index (χ2n) is 4.87. The summed E-state index contributed by atoms with van der Waals surface area (Å²) in [5.74, 6) is 0.868. The summed E-state index contributed by atoms with van der Waals surface area (Å²) in [5.41, 5.74) is 6.43. The lowest BCUT2D eigenvalue weighted by Crippen LogP contribution is -2.36. The summed E-state index contributed by atoms with van der Waals surface area (Å²) in [6.07, 6.45) is 0.236. The maximum Gasteiger partial charge on any atom is 0.229 e. The molecule has 0 amide bonds. The minimum Gasteiger partial charge on any atom is -0.388 e. The molecule has 1 atom stereocenters. The Labute approximate surface area is 119 Å². The average molecular weight is 326 g/mol. The van der Waals surface area contributed by atoms with Gasteiger partial charge in [0, 0.05) is 16.6 Å². The van der Waals surface area contributed by atoms with E-state index in [0.29, 0.717) is 11.7 Å². The molecular formula is C13H16BrN3O2. The van der Waals surface area contributed by atoms with Crippen LogP contribution in [-0.2, 0) is 6.42 Å². The van der Waals surface area contributed by atoms with Gasteiger partial charge in [-0.1, -0.05) is 27.2 Å². The van der Waals surface area contributed by atoms with E-state index in [2.05, 4.69) is 26.1 Å². The SMILES string of the molecule is Cc1ccc(-c2noc(CC(C)(O)CN)n2)c(Br)c1. The zero-order chi connectivity index (χ0) is 14.0. The topological polar surface area (TPSA) is 85.2 Å². The molecule has 5 nitrogen and oxygen atoms in total. The smallest absolute Gasteiger partial charge is 0.229 e. The Morgan fingerprint density at radius 3 is 2.84 bits per heavy atom. The van der Waals surface area contributed by atoms with E-state index in [9.17, 15) is 5.11 Å². The van der Waals surface area contributed by atoms with Crippen LogP contribution in [0.25, 0.3) is 11.4 Å². The van der Waals surface area contributed by atoms with Crippen LogP contribution in [0.5, 0.6) is 0 Å². The summed E-state index contributed by atoms with van der Waals surface area (Å²) in [6.45, 7) is 3.78. The minimum atomic E-state index is -1.03. The molecule has 1 aromatic heterocycles. The third-order valence-corrected chi connectivity index (χ3v) is 3.46. The first-order valence-corrected chi connectivity index (χ1v) is 6.72. The number of nitrogens with two attached hydrogens (primary N) is 1. The Bertz CT molecular complexity index is 581. The first kappa shape index (κ1) is 14.2. The van der Waals surface area contributed by atoms with Crippen molar-refractivity contribution in [3.63, 3.8) is 0 Å². The molecule has 1 heterocycles. The number of aliphatic hydroxyl groups is 1. The molecule has 0 saturated carbocycles. The standard InChI is InChI=1S/C13H16BrN3O2/c1-8-3-4-9(10(14)5-8)12-16-11(19-17-12)6-13(2,18)7-15/h3-5,18H,6-7,15H2,1-2H3. The van der Waals surface area contributed by atoms with Gasteiger partial charge in [-0.3, -0.25) is 0 Å². The van der Waals surface area contributed by atoms with Crippen LogP contribution < -0.4 is 5.73 Å². The second-order valence-corrected chi connectivity index (χ2v) is 5.73. The van der Waals surface area contributed by atoms with Gasteiger partial charge < -0.3 is 15.4 Å². The van der Waals surface area contributed by atoms with E-state index in [1.165, 1.54) is 0 Å². The van der Waals surface area contributed by atoms with Gasteiger partial charge in [-0.05, 0) is 31.5 Å². The Morgan fingerprint density at radius 2 is 2.21 bits per heavy atom. The zero-order valence-corrected chi connectivity index (χ0v) is 12.4. The molecule has 0 radical (unpaired) electrons. The van der Waals surface area contributed by atoms with Crippen LogP contribution >= 0.6 is 15.9 Å². The van der Waals surface area contributed by atoms with Crippen molar-refractivity contribution in [2.75, 3.05) is 6.54 Å². The van der Waals surface area contributed by atoms with Crippen molar-refractivity contribution in [1.82, 2.24) is 10.1 Å². The van der Waals surface area contributed by atoms with Gasteiger partial charge >= 0.3 is 0 Å². The lowest BCUT2D eigenvalue weighted by molar-refractivity contribution is 0.0610. The van der Waals surface area contributed by atoms with E-state index >= 15 is 0 Å². The number of hydrogen-bond donors (Lipinski definition) is 2. The number of hydrogen-bond acceptors (Lipinski definition) is 5. The number of rotatable bonds is 4. The van der Waals surface area contributed by atoms with Crippen LogP contribution in [0, 0.1) is 6.92 Å². The maximum absolute atomic E-state index is 9.89. The Balaban J connectivity index is 2.26. The third kappa shape index (κ3) is 3.40. The van der Waals surface area contributed by atoms with Crippen molar-refractivity contribution in [3.8, 4) is 11.4 Å². The van der Waals surface area contributed by atoms with Crippen LogP contribution in [0.3, 0.4) is 0 Å². The van der Waals surface area contributed by atoms with Crippen LogP contribution in [0.15, 0.2) is 27.2 Å². The molecular weight excluding hydrogens is 310 g/mol. The van der Waals surface area contributed by atoms with Gasteiger partial charge in [-0.15, -0.1) is 0 Å². The van der Waals surface area contributed by atoms with Crippen LogP contribution in [0.2, 0.25) is 0 Å². The largest absolute Gasteiger partial charge is 0.388 e. The molecule has 0 bridgehead atoms. The van der Waals surface area contributed by atoms with Crippen molar-refractivity contribution in [2.24, 2.45) is 5.73 Å². The van der Waals surface area contributed by atoms with Crippen molar-refractivity contribution >= 4 is 15.9 Å². The van der Waals surface area contributed by atoms with Crippen molar-refractivity contribution < 1.29 is 9.63 Å². The van der Waals surface area contributed by atoms with Gasteiger partial charge in [0.2, 0.25) is 11.7 Å². The predicted molar refractivity (Wildman–Crippen MR) is 75.6 cm³/mol. The van der Waals surface area contributed by atoms with Gasteiger partial charge in [0.1, 0.15) is 0 Å². The second kappa shape index (κ2) is 5.40. The van der Waals surface area contributed by atoms with E-state index in [-0.39, 0.29) is 13.0 Å². The first-order valence-electron chi connectivity index (χ1n) is 5.93. The van der Waals surface area contributed by atoms with Gasteiger partial charge in [-0.2, -0.15) is 4.98 Å². The minimum absolute atomic E-state index is 0.138. The summed E-state index contributed by atoms with van der Waals surface area (Å²) in [6, 6.07) is 5.89. The first-order chi connectivity index (χ1) is 8.91. The van der Waals surface area contributed by atoms with Crippen molar-refractivity contribution in [2.45, 2.75) is 25.9 Å². The highest BCUT2D eigenvalue weighted by Gasteiger charge is 2.23. The molecule has 0 aliphatic heterocycles. The molecule has 3 N–H and O–H groups in total. The van der Waals surface area contributed by atoms with Gasteiger partial charge in [0.15, 0.2) is 0 Å². The molecule has 2 aromatic rings.